The maximum absolute atomic E-state index is 5.81. The first kappa shape index (κ1) is 15.0. The zero-order chi connectivity index (χ0) is 14.4. The van der Waals surface area contributed by atoms with Gasteiger partial charge in [-0.2, -0.15) is 0 Å². The van der Waals surface area contributed by atoms with E-state index in [0.29, 0.717) is 6.04 Å². The van der Waals surface area contributed by atoms with Crippen LogP contribution in [0.25, 0.3) is 0 Å². The van der Waals surface area contributed by atoms with Gasteiger partial charge in [0.15, 0.2) is 0 Å². The summed E-state index contributed by atoms with van der Waals surface area (Å²) in [6.07, 6.45) is 1.94. The van der Waals surface area contributed by atoms with Crippen LogP contribution in [0.4, 0.5) is 0 Å². The van der Waals surface area contributed by atoms with E-state index in [9.17, 15) is 0 Å². The Morgan fingerprint density at radius 1 is 1.35 bits per heavy atom. The van der Waals surface area contributed by atoms with E-state index in [1.165, 1.54) is 10.6 Å². The Hall–Kier alpha value is -1.39. The van der Waals surface area contributed by atoms with Gasteiger partial charge in [-0.15, -0.1) is 11.3 Å². The maximum atomic E-state index is 5.81. The summed E-state index contributed by atoms with van der Waals surface area (Å²) in [5, 5.41) is 6.64. The number of rotatable bonds is 7. The molecule has 1 N–H and O–H groups in total. The fourth-order valence-electron chi connectivity index (χ4n) is 2.08. The number of thiazole rings is 1. The van der Waals surface area contributed by atoms with Gasteiger partial charge in [-0.3, -0.25) is 0 Å². The number of hydrogen-bond acceptors (Lipinski definition) is 4. The molecule has 1 aromatic heterocycles. The van der Waals surface area contributed by atoms with Crippen molar-refractivity contribution in [1.29, 1.82) is 0 Å². The zero-order valence-electron chi connectivity index (χ0n) is 12.3. The molecule has 0 saturated carbocycles. The first-order chi connectivity index (χ1) is 9.67. The van der Waals surface area contributed by atoms with Gasteiger partial charge < -0.3 is 10.1 Å². The van der Waals surface area contributed by atoms with Crippen LogP contribution in [0, 0.1) is 13.8 Å². The number of aromatic nitrogens is 1. The second-order valence-corrected chi connectivity index (χ2v) is 5.97. The van der Waals surface area contributed by atoms with Gasteiger partial charge in [-0.25, -0.2) is 4.98 Å². The highest BCUT2D eigenvalue weighted by Gasteiger charge is 2.10. The zero-order valence-corrected chi connectivity index (χ0v) is 13.2. The van der Waals surface area contributed by atoms with Crippen LogP contribution in [0.2, 0.25) is 0 Å². The molecule has 1 aromatic carbocycles. The molecule has 108 valence electrons. The molecule has 2 rings (SSSR count). The average Bonchev–Trinajstić information content (AvgIpc) is 2.83. The third-order valence-corrected chi connectivity index (χ3v) is 4.21. The first-order valence-corrected chi connectivity index (χ1v) is 7.83. The van der Waals surface area contributed by atoms with E-state index in [4.69, 9.17) is 4.74 Å². The number of aryl methyl sites for hydroxylation is 2. The molecule has 0 bridgehead atoms. The molecule has 20 heavy (non-hydrogen) atoms. The topological polar surface area (TPSA) is 34.1 Å². The molecule has 1 atom stereocenters. The Morgan fingerprint density at radius 3 is 2.85 bits per heavy atom. The maximum Gasteiger partial charge on any atom is 0.119 e. The SMILES string of the molecule is CNC(CCOc1cccc(C)c1)Cc1nc(C)cs1. The normalized spacial score (nSPS) is 12.3. The molecule has 1 heterocycles. The van der Waals surface area contributed by atoms with Gasteiger partial charge in [0.05, 0.1) is 11.6 Å². The second kappa shape index (κ2) is 7.41. The van der Waals surface area contributed by atoms with E-state index < -0.39 is 0 Å². The standard InChI is InChI=1S/C16H22N2OS/c1-12-5-4-6-15(9-12)19-8-7-14(17-3)10-16-18-13(2)11-20-16/h4-6,9,11,14,17H,7-8,10H2,1-3H3. The highest BCUT2D eigenvalue weighted by molar-refractivity contribution is 7.09. The number of likely N-dealkylation sites (N-methyl/N-ethyl adjacent to an activating group) is 1. The van der Waals surface area contributed by atoms with E-state index in [-0.39, 0.29) is 0 Å². The molecule has 0 saturated heterocycles. The van der Waals surface area contributed by atoms with Crippen LogP contribution in [0.1, 0.15) is 22.7 Å². The molecule has 4 heteroatoms. The van der Waals surface area contributed by atoms with Gasteiger partial charge in [0.2, 0.25) is 0 Å². The monoisotopic (exact) mass is 290 g/mol. The van der Waals surface area contributed by atoms with E-state index in [2.05, 4.69) is 34.7 Å². The van der Waals surface area contributed by atoms with Crippen molar-refractivity contribution in [2.45, 2.75) is 32.7 Å². The molecule has 0 amide bonds. The van der Waals surface area contributed by atoms with Crippen molar-refractivity contribution >= 4 is 11.3 Å². The molecule has 0 aliphatic heterocycles. The average molecular weight is 290 g/mol. The quantitative estimate of drug-likeness (QED) is 0.849. The minimum Gasteiger partial charge on any atom is -0.494 e. The molecule has 0 fully saturated rings. The third-order valence-electron chi connectivity index (χ3n) is 3.22. The lowest BCUT2D eigenvalue weighted by atomic mass is 10.1. The van der Waals surface area contributed by atoms with Crippen LogP contribution in [0.15, 0.2) is 29.6 Å². The minimum atomic E-state index is 0.408. The minimum absolute atomic E-state index is 0.408. The Labute approximate surface area is 125 Å². The van der Waals surface area contributed by atoms with Crippen molar-refractivity contribution in [2.75, 3.05) is 13.7 Å². The Morgan fingerprint density at radius 2 is 2.20 bits per heavy atom. The predicted octanol–water partition coefficient (Wildman–Crippen LogP) is 3.36. The fraction of sp³-hybridized carbons (Fsp3) is 0.438. The molecular formula is C16H22N2OS. The lowest BCUT2D eigenvalue weighted by Crippen LogP contribution is -2.29. The van der Waals surface area contributed by atoms with E-state index in [0.717, 1.165) is 30.9 Å². The fourth-order valence-corrected chi connectivity index (χ4v) is 2.93. The smallest absolute Gasteiger partial charge is 0.119 e. The molecule has 1 unspecified atom stereocenters. The Kier molecular flexibility index (Phi) is 5.56. The van der Waals surface area contributed by atoms with Gasteiger partial charge in [0.1, 0.15) is 5.75 Å². The Balaban J connectivity index is 1.79. The van der Waals surface area contributed by atoms with E-state index in [1.807, 2.05) is 26.1 Å². The lowest BCUT2D eigenvalue weighted by molar-refractivity contribution is 0.288. The molecule has 3 nitrogen and oxygen atoms in total. The number of benzene rings is 1. The van der Waals surface area contributed by atoms with Crippen molar-refractivity contribution in [3.8, 4) is 5.75 Å². The predicted molar refractivity (Wildman–Crippen MR) is 84.7 cm³/mol. The third kappa shape index (κ3) is 4.62. The summed E-state index contributed by atoms with van der Waals surface area (Å²) >= 11 is 1.73. The summed E-state index contributed by atoms with van der Waals surface area (Å²) < 4.78 is 5.81. The summed E-state index contributed by atoms with van der Waals surface area (Å²) in [5.74, 6) is 0.949. The number of ether oxygens (including phenoxy) is 1. The number of nitrogens with zero attached hydrogens (tertiary/aromatic N) is 1. The summed E-state index contributed by atoms with van der Waals surface area (Å²) in [6.45, 7) is 4.84. The van der Waals surface area contributed by atoms with E-state index >= 15 is 0 Å². The highest BCUT2D eigenvalue weighted by atomic mass is 32.1. The van der Waals surface area contributed by atoms with Gasteiger partial charge in [0.25, 0.3) is 0 Å². The largest absolute Gasteiger partial charge is 0.494 e. The summed E-state index contributed by atoms with van der Waals surface area (Å²) in [5.41, 5.74) is 2.33. The lowest BCUT2D eigenvalue weighted by Gasteiger charge is -2.15. The molecule has 0 aliphatic carbocycles. The summed E-state index contributed by atoms with van der Waals surface area (Å²) in [4.78, 5) is 4.51. The van der Waals surface area contributed by atoms with Crippen molar-refractivity contribution in [2.24, 2.45) is 0 Å². The van der Waals surface area contributed by atoms with Gasteiger partial charge in [-0.05, 0) is 45.0 Å². The van der Waals surface area contributed by atoms with Crippen molar-refractivity contribution in [1.82, 2.24) is 10.3 Å². The van der Waals surface area contributed by atoms with Crippen LogP contribution in [-0.4, -0.2) is 24.7 Å². The molecule has 0 spiro atoms. The van der Waals surface area contributed by atoms with Crippen LogP contribution >= 0.6 is 11.3 Å². The van der Waals surface area contributed by atoms with Crippen molar-refractivity contribution < 1.29 is 4.74 Å². The molecule has 2 aromatic rings. The molecule has 0 radical (unpaired) electrons. The molecule has 0 aliphatic rings. The number of nitrogens with one attached hydrogen (secondary N) is 1. The molecular weight excluding hydrogens is 268 g/mol. The van der Waals surface area contributed by atoms with Crippen LogP contribution in [-0.2, 0) is 6.42 Å². The highest BCUT2D eigenvalue weighted by Crippen LogP contribution is 2.15. The van der Waals surface area contributed by atoms with Gasteiger partial charge in [-0.1, -0.05) is 12.1 Å². The second-order valence-electron chi connectivity index (χ2n) is 5.03. The van der Waals surface area contributed by atoms with Crippen LogP contribution in [0.3, 0.4) is 0 Å². The van der Waals surface area contributed by atoms with Crippen LogP contribution in [0.5, 0.6) is 5.75 Å². The number of hydrogen-bond donors (Lipinski definition) is 1. The van der Waals surface area contributed by atoms with Crippen LogP contribution < -0.4 is 10.1 Å². The Bertz CT molecular complexity index is 539. The van der Waals surface area contributed by atoms with Gasteiger partial charge >= 0.3 is 0 Å². The first-order valence-electron chi connectivity index (χ1n) is 6.95. The van der Waals surface area contributed by atoms with Crippen molar-refractivity contribution in [3.63, 3.8) is 0 Å². The van der Waals surface area contributed by atoms with E-state index in [1.54, 1.807) is 11.3 Å². The van der Waals surface area contributed by atoms with Crippen molar-refractivity contribution in [3.05, 3.63) is 45.9 Å². The van der Waals surface area contributed by atoms with Gasteiger partial charge in [0, 0.05) is 23.5 Å². The summed E-state index contributed by atoms with van der Waals surface area (Å²) in [7, 11) is 2.00. The summed E-state index contributed by atoms with van der Waals surface area (Å²) in [6, 6.07) is 8.59.